The van der Waals surface area contributed by atoms with Crippen molar-refractivity contribution in [3.8, 4) is 5.75 Å². The molecule has 5 nitrogen and oxygen atoms in total. The molecule has 1 aromatic rings. The van der Waals surface area contributed by atoms with Crippen molar-refractivity contribution in [3.63, 3.8) is 0 Å². The van der Waals surface area contributed by atoms with Gasteiger partial charge in [-0.05, 0) is 74.2 Å². The first-order valence-electron chi connectivity index (χ1n) is 10.9. The SMILES string of the molecule is O=C(O)C(F)(F)F.Oc1cc2c(cc1N1CCCC1)C[C@@H]1NCC[C@]23CCCC[C@H]13. The number of anilines is 1. The quantitative estimate of drug-likeness (QED) is 0.634. The first-order valence-corrected chi connectivity index (χ1v) is 10.9. The second-order valence-corrected chi connectivity index (χ2v) is 9.02. The number of carboxylic acid groups (broad SMARTS) is 1. The molecule has 0 radical (unpaired) electrons. The van der Waals surface area contributed by atoms with Crippen molar-refractivity contribution in [1.29, 1.82) is 0 Å². The Kier molecular flexibility index (Phi) is 5.64. The number of aliphatic carboxylic acids is 1. The summed E-state index contributed by atoms with van der Waals surface area (Å²) in [5, 5.41) is 21.7. The lowest BCUT2D eigenvalue weighted by Crippen LogP contribution is -2.59. The van der Waals surface area contributed by atoms with Gasteiger partial charge in [0.1, 0.15) is 5.75 Å². The number of aromatic hydroxyl groups is 1. The van der Waals surface area contributed by atoms with Crippen LogP contribution in [0.4, 0.5) is 18.9 Å². The van der Waals surface area contributed by atoms with Crippen molar-refractivity contribution in [1.82, 2.24) is 5.32 Å². The zero-order chi connectivity index (χ0) is 21.5. The molecule has 3 fully saturated rings. The molecule has 8 heteroatoms. The number of phenols is 1. The topological polar surface area (TPSA) is 72.8 Å². The minimum Gasteiger partial charge on any atom is -0.506 e. The molecule has 1 saturated carbocycles. The highest BCUT2D eigenvalue weighted by atomic mass is 19.4. The van der Waals surface area contributed by atoms with E-state index in [1.807, 2.05) is 0 Å². The number of benzene rings is 1. The third kappa shape index (κ3) is 3.74. The van der Waals surface area contributed by atoms with Gasteiger partial charge in [-0.3, -0.25) is 0 Å². The van der Waals surface area contributed by atoms with Crippen molar-refractivity contribution < 1.29 is 28.2 Å². The molecular formula is C22H29F3N2O3. The number of piperidine rings is 1. The van der Waals surface area contributed by atoms with Crippen LogP contribution in [0.3, 0.4) is 0 Å². The van der Waals surface area contributed by atoms with Crippen LogP contribution in [0.15, 0.2) is 12.1 Å². The Hall–Kier alpha value is -1.96. The second-order valence-electron chi connectivity index (χ2n) is 9.02. The highest BCUT2D eigenvalue weighted by Crippen LogP contribution is 2.55. The second kappa shape index (κ2) is 7.94. The van der Waals surface area contributed by atoms with Crippen LogP contribution < -0.4 is 10.2 Å². The number of nitrogens with zero attached hydrogens (tertiary/aromatic N) is 1. The van der Waals surface area contributed by atoms with E-state index in [4.69, 9.17) is 9.90 Å². The Morgan fingerprint density at radius 1 is 1.13 bits per heavy atom. The predicted molar refractivity (Wildman–Crippen MR) is 107 cm³/mol. The maximum absolute atomic E-state index is 10.8. The Bertz CT molecular complexity index is 804. The summed E-state index contributed by atoms with van der Waals surface area (Å²) < 4.78 is 31.7. The van der Waals surface area contributed by atoms with E-state index in [9.17, 15) is 18.3 Å². The highest BCUT2D eigenvalue weighted by molar-refractivity contribution is 5.73. The summed E-state index contributed by atoms with van der Waals surface area (Å²) >= 11 is 0. The molecule has 2 aliphatic carbocycles. The van der Waals surface area contributed by atoms with E-state index in [1.165, 1.54) is 56.1 Å². The number of fused-ring (bicyclic) bond motifs is 1. The average Bonchev–Trinajstić information content (AvgIpc) is 3.22. The molecule has 30 heavy (non-hydrogen) atoms. The molecule has 2 heterocycles. The summed E-state index contributed by atoms with van der Waals surface area (Å²) in [7, 11) is 0. The Balaban J connectivity index is 0.000000272. The zero-order valence-electron chi connectivity index (χ0n) is 17.0. The lowest BCUT2D eigenvalue weighted by molar-refractivity contribution is -0.192. The summed E-state index contributed by atoms with van der Waals surface area (Å²) in [5.41, 5.74) is 4.45. The fourth-order valence-corrected chi connectivity index (χ4v) is 6.17. The molecule has 0 spiro atoms. The molecule has 3 N–H and O–H groups in total. The Labute approximate surface area is 174 Å². The summed E-state index contributed by atoms with van der Waals surface area (Å²) in [6.45, 7) is 3.35. The minimum atomic E-state index is -5.08. The molecular weight excluding hydrogens is 397 g/mol. The van der Waals surface area contributed by atoms with Crippen LogP contribution in [0.1, 0.15) is 56.1 Å². The predicted octanol–water partition coefficient (Wildman–Crippen LogP) is 3.97. The normalized spacial score (nSPS) is 30.0. The van der Waals surface area contributed by atoms with Gasteiger partial charge >= 0.3 is 12.1 Å². The lowest BCUT2D eigenvalue weighted by atomic mass is 9.53. The first-order chi connectivity index (χ1) is 14.2. The fraction of sp³-hybridized carbons (Fsp3) is 0.682. The number of phenolic OH excluding ortho intramolecular Hbond substituents is 1. The molecule has 0 aromatic heterocycles. The van der Waals surface area contributed by atoms with Gasteiger partial charge in [-0.1, -0.05) is 12.8 Å². The summed E-state index contributed by atoms with van der Waals surface area (Å²) in [6.07, 6.45) is 5.28. The zero-order valence-corrected chi connectivity index (χ0v) is 17.0. The number of hydrogen-bond acceptors (Lipinski definition) is 4. The third-order valence-corrected chi connectivity index (χ3v) is 7.43. The van der Waals surface area contributed by atoms with E-state index in [0.717, 1.165) is 37.7 Å². The van der Waals surface area contributed by atoms with Crippen molar-refractivity contribution in [2.45, 2.75) is 69.0 Å². The van der Waals surface area contributed by atoms with Gasteiger partial charge < -0.3 is 20.4 Å². The molecule has 5 rings (SSSR count). The van der Waals surface area contributed by atoms with Crippen molar-refractivity contribution >= 4 is 11.7 Å². The molecule has 4 aliphatic rings. The standard InChI is InChI=1S/C20H28N2O.C2HF3O2/c23-19-13-16-14(12-18(19)22-9-3-4-10-22)11-17-15-5-1-2-6-20(15,16)7-8-21-17;3-2(4,5)1(6)7/h12-13,15,17,21,23H,1-11H2;(H,6,7)/t15-,17+,20+;/m1./s1. The lowest BCUT2D eigenvalue weighted by Gasteiger charge is -2.56. The average molecular weight is 426 g/mol. The van der Waals surface area contributed by atoms with Crippen LogP contribution in [-0.2, 0) is 16.6 Å². The summed E-state index contributed by atoms with van der Waals surface area (Å²) in [6, 6.07) is 5.17. The van der Waals surface area contributed by atoms with Crippen molar-refractivity contribution in [3.05, 3.63) is 23.3 Å². The largest absolute Gasteiger partial charge is 0.506 e. The van der Waals surface area contributed by atoms with Gasteiger partial charge in [-0.25, -0.2) is 4.79 Å². The number of carboxylic acids is 1. The molecule has 0 amide bonds. The molecule has 1 aromatic carbocycles. The van der Waals surface area contributed by atoms with Gasteiger partial charge in [-0.2, -0.15) is 13.2 Å². The van der Waals surface area contributed by atoms with Gasteiger partial charge in [-0.15, -0.1) is 0 Å². The molecule has 2 bridgehead atoms. The van der Waals surface area contributed by atoms with E-state index in [1.54, 1.807) is 0 Å². The smallest absolute Gasteiger partial charge is 0.490 e. The van der Waals surface area contributed by atoms with Crippen molar-refractivity contribution in [2.24, 2.45) is 5.92 Å². The number of carbonyl (C=O) groups is 1. The number of nitrogens with one attached hydrogen (secondary N) is 1. The van der Waals surface area contributed by atoms with Gasteiger partial charge in [0.25, 0.3) is 0 Å². The molecule has 166 valence electrons. The van der Waals surface area contributed by atoms with Crippen LogP contribution in [0, 0.1) is 5.92 Å². The maximum atomic E-state index is 10.8. The minimum absolute atomic E-state index is 0.350. The molecule has 2 aliphatic heterocycles. The van der Waals surface area contributed by atoms with Gasteiger partial charge in [0.2, 0.25) is 0 Å². The van der Waals surface area contributed by atoms with Crippen molar-refractivity contribution in [2.75, 3.05) is 24.5 Å². The van der Waals surface area contributed by atoms with Crippen LogP contribution >= 0.6 is 0 Å². The number of halogens is 3. The number of hydrogen-bond donors (Lipinski definition) is 3. The van der Waals surface area contributed by atoms with Crippen LogP contribution in [0.5, 0.6) is 5.75 Å². The van der Waals surface area contributed by atoms with Crippen LogP contribution in [0.25, 0.3) is 0 Å². The Morgan fingerprint density at radius 3 is 2.50 bits per heavy atom. The van der Waals surface area contributed by atoms with Crippen LogP contribution in [-0.4, -0.2) is 48.0 Å². The van der Waals surface area contributed by atoms with Gasteiger partial charge in [0, 0.05) is 24.5 Å². The van der Waals surface area contributed by atoms with E-state index < -0.39 is 12.1 Å². The Morgan fingerprint density at radius 2 is 1.83 bits per heavy atom. The monoisotopic (exact) mass is 426 g/mol. The number of alkyl halides is 3. The number of rotatable bonds is 1. The van der Waals surface area contributed by atoms with Crippen LogP contribution in [0.2, 0.25) is 0 Å². The fourth-order valence-electron chi connectivity index (χ4n) is 6.17. The van der Waals surface area contributed by atoms with Gasteiger partial charge in [0.15, 0.2) is 0 Å². The van der Waals surface area contributed by atoms with E-state index in [2.05, 4.69) is 22.3 Å². The summed E-state index contributed by atoms with van der Waals surface area (Å²) in [5.74, 6) is -1.44. The maximum Gasteiger partial charge on any atom is 0.490 e. The molecule has 2 saturated heterocycles. The first kappa shape index (κ1) is 21.3. The summed E-state index contributed by atoms with van der Waals surface area (Å²) in [4.78, 5) is 11.3. The van der Waals surface area contributed by atoms with E-state index >= 15 is 0 Å². The highest BCUT2D eigenvalue weighted by Gasteiger charge is 2.51. The van der Waals surface area contributed by atoms with Gasteiger partial charge in [0.05, 0.1) is 5.69 Å². The third-order valence-electron chi connectivity index (χ3n) is 7.43. The molecule has 3 atom stereocenters. The van der Waals surface area contributed by atoms with E-state index in [0.29, 0.717) is 17.2 Å². The van der Waals surface area contributed by atoms with E-state index in [-0.39, 0.29) is 0 Å². The molecule has 0 unspecified atom stereocenters.